The molecule has 1 aliphatic heterocycles. The van der Waals surface area contributed by atoms with Crippen molar-refractivity contribution in [3.05, 3.63) is 35.6 Å². The van der Waals surface area contributed by atoms with E-state index in [2.05, 4.69) is 5.32 Å². The topological polar surface area (TPSA) is 12.0 Å². The summed E-state index contributed by atoms with van der Waals surface area (Å²) in [6.45, 7) is 2.42. The minimum absolute atomic E-state index is 0.165. The minimum Gasteiger partial charge on any atom is -0.314 e. The van der Waals surface area contributed by atoms with E-state index in [4.69, 9.17) is 0 Å². The van der Waals surface area contributed by atoms with E-state index in [0.29, 0.717) is 6.42 Å². The van der Waals surface area contributed by atoms with Crippen LogP contribution in [0.5, 0.6) is 0 Å². The lowest BCUT2D eigenvalue weighted by Crippen LogP contribution is -2.38. The number of benzene rings is 1. The van der Waals surface area contributed by atoms with Gasteiger partial charge in [0.15, 0.2) is 0 Å². The van der Waals surface area contributed by atoms with Crippen molar-refractivity contribution in [1.82, 2.24) is 5.32 Å². The van der Waals surface area contributed by atoms with Gasteiger partial charge in [-0.05, 0) is 32.4 Å². The maximum absolute atomic E-state index is 14.6. The zero-order chi connectivity index (χ0) is 12.3. The minimum atomic E-state index is -1.60. The van der Waals surface area contributed by atoms with Gasteiger partial charge in [0.2, 0.25) is 0 Å². The van der Waals surface area contributed by atoms with E-state index < -0.39 is 11.5 Å². The molecular formula is C14H19F2N. The van der Waals surface area contributed by atoms with E-state index in [9.17, 15) is 8.78 Å². The first-order valence-corrected chi connectivity index (χ1v) is 6.27. The Balaban J connectivity index is 2.10. The van der Waals surface area contributed by atoms with Gasteiger partial charge in [0, 0.05) is 18.0 Å². The molecule has 2 unspecified atom stereocenters. The molecule has 1 aromatic rings. The molecule has 1 nitrogen and oxygen atoms in total. The molecule has 1 aliphatic rings. The highest BCUT2D eigenvalue weighted by Gasteiger charge is 2.32. The Morgan fingerprint density at radius 3 is 2.76 bits per heavy atom. The van der Waals surface area contributed by atoms with Gasteiger partial charge in [0.05, 0.1) is 0 Å². The number of hydrogen-bond donors (Lipinski definition) is 1. The second kappa shape index (κ2) is 5.13. The molecule has 1 fully saturated rings. The fourth-order valence-corrected chi connectivity index (χ4v) is 2.55. The van der Waals surface area contributed by atoms with E-state index in [-0.39, 0.29) is 11.6 Å². The molecule has 1 N–H and O–H groups in total. The van der Waals surface area contributed by atoms with Crippen LogP contribution in [-0.4, -0.2) is 12.6 Å². The molecule has 0 spiro atoms. The molecule has 1 saturated heterocycles. The van der Waals surface area contributed by atoms with Crippen LogP contribution in [0.1, 0.15) is 38.2 Å². The number of piperidine rings is 1. The number of rotatable bonds is 3. The largest absolute Gasteiger partial charge is 0.314 e. The molecule has 1 aromatic carbocycles. The smallest absolute Gasteiger partial charge is 0.137 e. The molecule has 0 aromatic heterocycles. The third-order valence-corrected chi connectivity index (χ3v) is 3.48. The van der Waals surface area contributed by atoms with Crippen molar-refractivity contribution in [3.63, 3.8) is 0 Å². The molecule has 3 heteroatoms. The van der Waals surface area contributed by atoms with Crippen molar-refractivity contribution in [2.45, 2.75) is 44.3 Å². The van der Waals surface area contributed by atoms with E-state index in [0.717, 1.165) is 25.8 Å². The van der Waals surface area contributed by atoms with Crippen molar-refractivity contribution in [2.75, 3.05) is 6.54 Å². The molecular weight excluding hydrogens is 220 g/mol. The van der Waals surface area contributed by atoms with Crippen LogP contribution in [0, 0.1) is 5.82 Å². The molecule has 17 heavy (non-hydrogen) atoms. The van der Waals surface area contributed by atoms with E-state index in [1.54, 1.807) is 12.1 Å². The Morgan fingerprint density at radius 1 is 1.35 bits per heavy atom. The Labute approximate surface area is 101 Å². The van der Waals surface area contributed by atoms with Gasteiger partial charge in [0.25, 0.3) is 0 Å². The van der Waals surface area contributed by atoms with Crippen LogP contribution in [0.15, 0.2) is 24.3 Å². The first-order chi connectivity index (χ1) is 8.09. The van der Waals surface area contributed by atoms with Gasteiger partial charge in [-0.2, -0.15) is 0 Å². The fourth-order valence-electron chi connectivity index (χ4n) is 2.55. The van der Waals surface area contributed by atoms with Gasteiger partial charge in [-0.15, -0.1) is 0 Å². The Morgan fingerprint density at radius 2 is 2.12 bits per heavy atom. The van der Waals surface area contributed by atoms with Gasteiger partial charge < -0.3 is 5.32 Å². The highest BCUT2D eigenvalue weighted by molar-refractivity contribution is 5.24. The molecule has 0 radical (unpaired) electrons. The van der Waals surface area contributed by atoms with E-state index >= 15 is 0 Å². The van der Waals surface area contributed by atoms with Gasteiger partial charge in [0.1, 0.15) is 11.5 Å². The quantitative estimate of drug-likeness (QED) is 0.850. The van der Waals surface area contributed by atoms with Crippen LogP contribution in [0.2, 0.25) is 0 Å². The number of nitrogens with one attached hydrogen (secondary N) is 1. The van der Waals surface area contributed by atoms with E-state index in [1.165, 1.54) is 19.1 Å². The van der Waals surface area contributed by atoms with Crippen LogP contribution in [0.4, 0.5) is 8.78 Å². The lowest BCUT2D eigenvalue weighted by molar-refractivity contribution is 0.141. The molecule has 2 atom stereocenters. The first kappa shape index (κ1) is 12.5. The van der Waals surface area contributed by atoms with Crippen LogP contribution < -0.4 is 5.32 Å². The normalized spacial score (nSPS) is 24.3. The van der Waals surface area contributed by atoms with Gasteiger partial charge in [-0.1, -0.05) is 24.6 Å². The van der Waals surface area contributed by atoms with Crippen molar-refractivity contribution in [1.29, 1.82) is 0 Å². The molecule has 1 heterocycles. The average molecular weight is 239 g/mol. The monoisotopic (exact) mass is 239 g/mol. The average Bonchev–Trinajstić information content (AvgIpc) is 2.30. The number of halogens is 2. The second-order valence-corrected chi connectivity index (χ2v) is 5.03. The van der Waals surface area contributed by atoms with Crippen molar-refractivity contribution < 1.29 is 8.78 Å². The van der Waals surface area contributed by atoms with Gasteiger partial charge in [-0.3, -0.25) is 0 Å². The van der Waals surface area contributed by atoms with Gasteiger partial charge in [-0.25, -0.2) is 8.78 Å². The lowest BCUT2D eigenvalue weighted by atomic mass is 9.87. The predicted molar refractivity (Wildman–Crippen MR) is 65.1 cm³/mol. The second-order valence-electron chi connectivity index (χ2n) is 5.03. The van der Waals surface area contributed by atoms with Crippen LogP contribution in [-0.2, 0) is 5.67 Å². The summed E-state index contributed by atoms with van der Waals surface area (Å²) in [6.07, 6.45) is 3.60. The SMILES string of the molecule is CC(F)(CC1CCCCN1)c1ccccc1F. The first-order valence-electron chi connectivity index (χ1n) is 6.27. The molecule has 0 saturated carbocycles. The van der Waals surface area contributed by atoms with Crippen LogP contribution >= 0.6 is 0 Å². The van der Waals surface area contributed by atoms with Crippen molar-refractivity contribution >= 4 is 0 Å². The molecule has 0 aliphatic carbocycles. The van der Waals surface area contributed by atoms with Crippen LogP contribution in [0.3, 0.4) is 0 Å². The lowest BCUT2D eigenvalue weighted by Gasteiger charge is -2.30. The summed E-state index contributed by atoms with van der Waals surface area (Å²) in [7, 11) is 0. The summed E-state index contributed by atoms with van der Waals surface area (Å²) in [4.78, 5) is 0. The highest BCUT2D eigenvalue weighted by atomic mass is 19.1. The number of alkyl halides is 1. The molecule has 0 bridgehead atoms. The zero-order valence-electron chi connectivity index (χ0n) is 10.2. The van der Waals surface area contributed by atoms with Gasteiger partial charge >= 0.3 is 0 Å². The standard InChI is InChI=1S/C14H19F2N/c1-14(16,10-11-6-4-5-9-17-11)12-7-2-3-8-13(12)15/h2-3,7-8,11,17H,4-6,9-10H2,1H3. The summed E-state index contributed by atoms with van der Waals surface area (Å²) in [5.74, 6) is -0.451. The summed E-state index contributed by atoms with van der Waals surface area (Å²) >= 11 is 0. The Kier molecular flexibility index (Phi) is 3.77. The summed E-state index contributed by atoms with van der Waals surface area (Å²) < 4.78 is 28.2. The summed E-state index contributed by atoms with van der Waals surface area (Å²) in [5, 5.41) is 3.30. The third kappa shape index (κ3) is 3.03. The maximum atomic E-state index is 14.6. The summed E-state index contributed by atoms with van der Waals surface area (Å²) in [5.41, 5.74) is -1.42. The van der Waals surface area contributed by atoms with Crippen LogP contribution in [0.25, 0.3) is 0 Å². The third-order valence-electron chi connectivity index (χ3n) is 3.48. The fraction of sp³-hybridized carbons (Fsp3) is 0.571. The molecule has 2 rings (SSSR count). The number of hydrogen-bond acceptors (Lipinski definition) is 1. The molecule has 0 amide bonds. The van der Waals surface area contributed by atoms with Crippen molar-refractivity contribution in [3.8, 4) is 0 Å². The predicted octanol–water partition coefficient (Wildman–Crippen LogP) is 3.54. The summed E-state index contributed by atoms with van der Waals surface area (Å²) in [6, 6.07) is 6.30. The van der Waals surface area contributed by atoms with E-state index in [1.807, 2.05) is 0 Å². The zero-order valence-corrected chi connectivity index (χ0v) is 10.2. The Hall–Kier alpha value is -0.960. The molecule has 94 valence electrons. The Bertz CT molecular complexity index is 370. The van der Waals surface area contributed by atoms with Crippen molar-refractivity contribution in [2.24, 2.45) is 0 Å². The highest BCUT2D eigenvalue weighted by Crippen LogP contribution is 2.33. The maximum Gasteiger partial charge on any atom is 0.137 e.